The monoisotopic (exact) mass is 177 g/mol. The van der Waals surface area contributed by atoms with E-state index in [9.17, 15) is 9.90 Å². The van der Waals surface area contributed by atoms with Crippen molar-refractivity contribution in [3.63, 3.8) is 0 Å². The predicted octanol–water partition coefficient (Wildman–Crippen LogP) is 0.932. The zero-order chi connectivity index (χ0) is 9.26. The van der Waals surface area contributed by atoms with E-state index in [0.717, 1.165) is 17.7 Å². The highest BCUT2D eigenvalue weighted by atomic mass is 16.3. The average Bonchev–Trinajstić information content (AvgIpc) is 2.28. The molecular formula is C10H11NO2. The number of aliphatic hydroxyl groups excluding tert-OH is 1. The number of rotatable bonds is 0. The van der Waals surface area contributed by atoms with Crippen LogP contribution in [-0.4, -0.2) is 17.1 Å². The molecule has 3 nitrogen and oxygen atoms in total. The van der Waals surface area contributed by atoms with E-state index in [1.165, 1.54) is 0 Å². The van der Waals surface area contributed by atoms with E-state index >= 15 is 0 Å². The fourth-order valence-corrected chi connectivity index (χ4v) is 1.50. The highest BCUT2D eigenvalue weighted by Gasteiger charge is 2.20. The molecular weight excluding hydrogens is 166 g/mol. The van der Waals surface area contributed by atoms with Crippen molar-refractivity contribution in [3.05, 3.63) is 29.8 Å². The molecule has 1 unspecified atom stereocenters. The number of hydrogen-bond donors (Lipinski definition) is 2. The fourth-order valence-electron chi connectivity index (χ4n) is 1.50. The van der Waals surface area contributed by atoms with Crippen molar-refractivity contribution in [1.29, 1.82) is 0 Å². The number of nitrogens with one attached hydrogen (secondary N) is 1. The molecule has 0 aliphatic carbocycles. The summed E-state index contributed by atoms with van der Waals surface area (Å²) in [5.74, 6) is -0.301. The summed E-state index contributed by atoms with van der Waals surface area (Å²) in [7, 11) is 0. The largest absolute Gasteiger partial charge is 0.383 e. The first-order chi connectivity index (χ1) is 6.27. The molecule has 2 rings (SSSR count). The molecule has 1 heterocycles. The van der Waals surface area contributed by atoms with Crippen molar-refractivity contribution in [2.24, 2.45) is 0 Å². The van der Waals surface area contributed by atoms with E-state index < -0.39 is 6.10 Å². The van der Waals surface area contributed by atoms with Gasteiger partial charge in [-0.3, -0.25) is 4.79 Å². The number of carbonyl (C=O) groups excluding carboxylic acids is 1. The molecule has 1 aromatic carbocycles. The molecule has 0 bridgehead atoms. The van der Waals surface area contributed by atoms with Crippen LogP contribution < -0.4 is 5.32 Å². The van der Waals surface area contributed by atoms with E-state index in [0.29, 0.717) is 6.42 Å². The lowest BCUT2D eigenvalue weighted by Gasteiger charge is -2.05. The number of fused-ring (bicyclic) bond motifs is 1. The number of aliphatic hydroxyl groups is 1. The smallest absolute Gasteiger partial charge is 0.253 e. The number of hydrogen-bond acceptors (Lipinski definition) is 2. The standard InChI is InChI=1S/C10H11NO2/c12-9-6-5-7-3-1-2-4-8(7)11-10(9)13/h1-4,9,12H,5-6H2,(H,11,13). The van der Waals surface area contributed by atoms with Gasteiger partial charge in [-0.1, -0.05) is 18.2 Å². The van der Waals surface area contributed by atoms with Crippen molar-refractivity contribution in [1.82, 2.24) is 0 Å². The van der Waals surface area contributed by atoms with Gasteiger partial charge in [0.25, 0.3) is 5.91 Å². The van der Waals surface area contributed by atoms with E-state index in [4.69, 9.17) is 0 Å². The fraction of sp³-hybridized carbons (Fsp3) is 0.300. The lowest BCUT2D eigenvalue weighted by atomic mass is 10.1. The third-order valence-corrected chi connectivity index (χ3v) is 2.26. The van der Waals surface area contributed by atoms with Gasteiger partial charge in [-0.15, -0.1) is 0 Å². The predicted molar refractivity (Wildman–Crippen MR) is 49.4 cm³/mol. The topological polar surface area (TPSA) is 49.3 Å². The van der Waals surface area contributed by atoms with Crippen LogP contribution in [0.5, 0.6) is 0 Å². The van der Waals surface area contributed by atoms with Crippen LogP contribution >= 0.6 is 0 Å². The van der Waals surface area contributed by atoms with Gasteiger partial charge in [-0.05, 0) is 24.5 Å². The molecule has 0 saturated heterocycles. The van der Waals surface area contributed by atoms with Gasteiger partial charge >= 0.3 is 0 Å². The minimum atomic E-state index is -0.868. The molecule has 1 amide bonds. The second kappa shape index (κ2) is 3.18. The van der Waals surface area contributed by atoms with Crippen molar-refractivity contribution in [3.8, 4) is 0 Å². The molecule has 0 aromatic heterocycles. The Hall–Kier alpha value is -1.35. The van der Waals surface area contributed by atoms with Gasteiger partial charge in [0, 0.05) is 5.69 Å². The van der Waals surface area contributed by atoms with Crippen LogP contribution in [0.15, 0.2) is 24.3 Å². The van der Waals surface area contributed by atoms with Crippen LogP contribution in [-0.2, 0) is 11.2 Å². The van der Waals surface area contributed by atoms with Crippen molar-refractivity contribution >= 4 is 11.6 Å². The van der Waals surface area contributed by atoms with Crippen molar-refractivity contribution in [2.75, 3.05) is 5.32 Å². The molecule has 1 atom stereocenters. The van der Waals surface area contributed by atoms with Gasteiger partial charge in [0.15, 0.2) is 0 Å². The maximum absolute atomic E-state index is 11.2. The first kappa shape index (κ1) is 8.26. The quantitative estimate of drug-likeness (QED) is 0.619. The highest BCUT2D eigenvalue weighted by molar-refractivity contribution is 5.95. The molecule has 0 spiro atoms. The molecule has 68 valence electrons. The lowest BCUT2D eigenvalue weighted by molar-refractivity contribution is -0.124. The Kier molecular flexibility index (Phi) is 2.02. The summed E-state index contributed by atoms with van der Waals surface area (Å²) >= 11 is 0. The van der Waals surface area contributed by atoms with Crippen LogP contribution in [0, 0.1) is 0 Å². The molecule has 1 aliphatic rings. The summed E-state index contributed by atoms with van der Waals surface area (Å²) in [4.78, 5) is 11.2. The number of aryl methyl sites for hydroxylation is 1. The summed E-state index contributed by atoms with van der Waals surface area (Å²) in [5, 5.41) is 12.0. The normalized spacial score (nSPS) is 21.6. The van der Waals surface area contributed by atoms with Gasteiger partial charge in [0.05, 0.1) is 0 Å². The Morgan fingerprint density at radius 2 is 2.15 bits per heavy atom. The number of amides is 1. The molecule has 1 aromatic rings. The van der Waals surface area contributed by atoms with Crippen LogP contribution in [0.2, 0.25) is 0 Å². The SMILES string of the molecule is O=C1Nc2ccccc2CCC1O. The molecule has 0 saturated carbocycles. The molecule has 3 heteroatoms. The summed E-state index contributed by atoms with van der Waals surface area (Å²) in [5.41, 5.74) is 1.91. The second-order valence-corrected chi connectivity index (χ2v) is 3.20. The second-order valence-electron chi connectivity index (χ2n) is 3.20. The Morgan fingerprint density at radius 3 is 3.00 bits per heavy atom. The summed E-state index contributed by atoms with van der Waals surface area (Å²) < 4.78 is 0. The van der Waals surface area contributed by atoms with Crippen LogP contribution in [0.1, 0.15) is 12.0 Å². The van der Waals surface area contributed by atoms with Crippen molar-refractivity contribution < 1.29 is 9.90 Å². The van der Waals surface area contributed by atoms with E-state index in [-0.39, 0.29) is 5.91 Å². The molecule has 2 N–H and O–H groups in total. The average molecular weight is 177 g/mol. The Bertz CT molecular complexity index is 335. The Balaban J connectivity index is 2.35. The third-order valence-electron chi connectivity index (χ3n) is 2.26. The molecule has 1 aliphatic heterocycles. The number of para-hydroxylation sites is 1. The van der Waals surface area contributed by atoms with Crippen LogP contribution in [0.3, 0.4) is 0 Å². The number of anilines is 1. The minimum absolute atomic E-state index is 0.301. The molecule has 0 radical (unpaired) electrons. The van der Waals surface area contributed by atoms with Crippen molar-refractivity contribution in [2.45, 2.75) is 18.9 Å². The first-order valence-corrected chi connectivity index (χ1v) is 4.34. The first-order valence-electron chi connectivity index (χ1n) is 4.34. The summed E-state index contributed by atoms with van der Waals surface area (Å²) in [6.07, 6.45) is 0.381. The Morgan fingerprint density at radius 1 is 1.38 bits per heavy atom. The van der Waals surface area contributed by atoms with Gasteiger partial charge in [-0.25, -0.2) is 0 Å². The molecule has 0 fully saturated rings. The lowest BCUT2D eigenvalue weighted by Crippen LogP contribution is -2.25. The number of benzene rings is 1. The van der Waals surface area contributed by atoms with Gasteiger partial charge in [0.2, 0.25) is 0 Å². The summed E-state index contributed by atoms with van der Waals surface area (Å²) in [6, 6.07) is 7.62. The zero-order valence-electron chi connectivity index (χ0n) is 7.16. The number of carbonyl (C=O) groups is 1. The van der Waals surface area contributed by atoms with Gasteiger partial charge in [-0.2, -0.15) is 0 Å². The van der Waals surface area contributed by atoms with Gasteiger partial charge in [0.1, 0.15) is 6.10 Å². The summed E-state index contributed by atoms with van der Waals surface area (Å²) in [6.45, 7) is 0. The molecule has 13 heavy (non-hydrogen) atoms. The van der Waals surface area contributed by atoms with Crippen LogP contribution in [0.4, 0.5) is 5.69 Å². The zero-order valence-corrected chi connectivity index (χ0v) is 7.16. The van der Waals surface area contributed by atoms with E-state index in [2.05, 4.69) is 5.32 Å². The maximum atomic E-state index is 11.2. The van der Waals surface area contributed by atoms with Gasteiger partial charge < -0.3 is 10.4 Å². The van der Waals surface area contributed by atoms with E-state index in [1.807, 2.05) is 24.3 Å². The Labute approximate surface area is 76.4 Å². The minimum Gasteiger partial charge on any atom is -0.383 e. The van der Waals surface area contributed by atoms with Crippen LogP contribution in [0.25, 0.3) is 0 Å². The maximum Gasteiger partial charge on any atom is 0.253 e. The van der Waals surface area contributed by atoms with E-state index in [1.54, 1.807) is 0 Å². The third kappa shape index (κ3) is 1.55. The highest BCUT2D eigenvalue weighted by Crippen LogP contribution is 2.21.